The van der Waals surface area contributed by atoms with Crippen LogP contribution in [0.2, 0.25) is 0 Å². The van der Waals surface area contributed by atoms with Crippen LogP contribution in [0.4, 0.5) is 0 Å². The van der Waals surface area contributed by atoms with Crippen LogP contribution >= 0.6 is 0 Å². The summed E-state index contributed by atoms with van der Waals surface area (Å²) in [4.78, 5) is 22.7. The average Bonchev–Trinajstić information content (AvgIpc) is 2.51. The van der Waals surface area contributed by atoms with Gasteiger partial charge < -0.3 is 15.2 Å². The second kappa shape index (κ2) is 7.29. The largest absolute Gasteiger partial charge is 0.484 e. The van der Waals surface area contributed by atoms with Gasteiger partial charge in [-0.3, -0.25) is 9.59 Å². The topological polar surface area (TPSA) is 75.6 Å². The van der Waals surface area contributed by atoms with Crippen LogP contribution in [0.5, 0.6) is 5.75 Å². The Hall–Kier alpha value is -2.04. The summed E-state index contributed by atoms with van der Waals surface area (Å²) in [6.07, 6.45) is 4.60. The molecule has 2 unspecified atom stereocenters. The van der Waals surface area contributed by atoms with Crippen LogP contribution in [0.15, 0.2) is 18.2 Å². The Kier molecular flexibility index (Phi) is 5.41. The van der Waals surface area contributed by atoms with E-state index >= 15 is 0 Å². The molecular weight excluding hydrogens is 282 g/mol. The van der Waals surface area contributed by atoms with Crippen molar-refractivity contribution in [2.24, 2.45) is 5.92 Å². The van der Waals surface area contributed by atoms with Crippen LogP contribution in [0.3, 0.4) is 0 Å². The molecule has 1 aromatic carbocycles. The van der Waals surface area contributed by atoms with Gasteiger partial charge in [0.05, 0.1) is 5.92 Å². The third-order valence-electron chi connectivity index (χ3n) is 4.22. The molecule has 120 valence electrons. The minimum atomic E-state index is -0.927. The van der Waals surface area contributed by atoms with Gasteiger partial charge in [0.15, 0.2) is 6.61 Å². The van der Waals surface area contributed by atoms with Gasteiger partial charge in [-0.15, -0.1) is 0 Å². The summed E-state index contributed by atoms with van der Waals surface area (Å²) in [5, 5.41) is 11.6. The lowest BCUT2D eigenvalue weighted by molar-refractivity contribution is -0.142. The Morgan fingerprint density at radius 2 is 1.91 bits per heavy atom. The second-order valence-corrected chi connectivity index (χ2v) is 5.91. The molecule has 0 spiro atoms. The fourth-order valence-corrected chi connectivity index (χ4v) is 2.58. The highest BCUT2D eigenvalue weighted by atomic mass is 16.5. The number of carbonyl (C=O) groups excluding carboxylic acids is 1. The van der Waals surface area contributed by atoms with E-state index < -0.39 is 17.9 Å². The number of fused-ring (bicyclic) bond motifs is 1. The van der Waals surface area contributed by atoms with E-state index in [4.69, 9.17) is 9.84 Å². The predicted octanol–water partition coefficient (Wildman–Crippen LogP) is 2.17. The number of carboxylic acids is 1. The molecule has 0 radical (unpaired) electrons. The minimum Gasteiger partial charge on any atom is -0.484 e. The summed E-state index contributed by atoms with van der Waals surface area (Å²) in [6.45, 7) is 3.14. The molecule has 2 atom stereocenters. The summed E-state index contributed by atoms with van der Waals surface area (Å²) in [5.74, 6) is -1.18. The molecule has 0 aromatic heterocycles. The Labute approximate surface area is 130 Å². The van der Waals surface area contributed by atoms with Crippen molar-refractivity contribution in [3.05, 3.63) is 29.3 Å². The maximum atomic E-state index is 11.8. The molecule has 1 aromatic rings. The van der Waals surface area contributed by atoms with Crippen LogP contribution < -0.4 is 10.1 Å². The van der Waals surface area contributed by atoms with Crippen molar-refractivity contribution in [2.75, 3.05) is 6.61 Å². The first-order valence-corrected chi connectivity index (χ1v) is 7.74. The summed E-state index contributed by atoms with van der Waals surface area (Å²) >= 11 is 0. The number of nitrogens with one attached hydrogen (secondary N) is 1. The summed E-state index contributed by atoms with van der Waals surface area (Å²) in [6, 6.07) is 5.53. The van der Waals surface area contributed by atoms with E-state index in [2.05, 4.69) is 11.4 Å². The molecule has 5 nitrogen and oxygen atoms in total. The van der Waals surface area contributed by atoms with E-state index in [1.165, 1.54) is 24.0 Å². The van der Waals surface area contributed by atoms with Crippen molar-refractivity contribution in [1.29, 1.82) is 0 Å². The lowest BCUT2D eigenvalue weighted by atomic mass is 9.92. The molecule has 0 saturated carbocycles. The Morgan fingerprint density at radius 1 is 1.23 bits per heavy atom. The fourth-order valence-electron chi connectivity index (χ4n) is 2.58. The van der Waals surface area contributed by atoms with Crippen LogP contribution in [0.25, 0.3) is 0 Å². The third kappa shape index (κ3) is 4.23. The van der Waals surface area contributed by atoms with Crippen molar-refractivity contribution in [3.63, 3.8) is 0 Å². The number of aryl methyl sites for hydroxylation is 2. The maximum absolute atomic E-state index is 11.8. The van der Waals surface area contributed by atoms with Crippen molar-refractivity contribution >= 4 is 11.9 Å². The molecular formula is C17H23NO4. The van der Waals surface area contributed by atoms with E-state index in [0.717, 1.165) is 12.8 Å². The van der Waals surface area contributed by atoms with Gasteiger partial charge in [-0.05, 0) is 62.8 Å². The Morgan fingerprint density at radius 3 is 2.59 bits per heavy atom. The summed E-state index contributed by atoms with van der Waals surface area (Å²) in [5.41, 5.74) is 2.67. The number of benzene rings is 1. The number of rotatable bonds is 6. The lowest BCUT2D eigenvalue weighted by Gasteiger charge is -2.19. The highest BCUT2D eigenvalue weighted by Gasteiger charge is 2.21. The molecule has 0 saturated heterocycles. The molecule has 2 rings (SSSR count). The highest BCUT2D eigenvalue weighted by Crippen LogP contribution is 2.25. The molecule has 1 aliphatic carbocycles. The van der Waals surface area contributed by atoms with E-state index in [1.54, 1.807) is 13.8 Å². The van der Waals surface area contributed by atoms with Gasteiger partial charge in [0.25, 0.3) is 5.91 Å². The second-order valence-electron chi connectivity index (χ2n) is 5.91. The molecule has 5 heteroatoms. The predicted molar refractivity (Wildman–Crippen MR) is 83.0 cm³/mol. The molecule has 0 heterocycles. The van der Waals surface area contributed by atoms with Gasteiger partial charge in [-0.1, -0.05) is 6.07 Å². The number of hydrogen-bond donors (Lipinski definition) is 2. The molecule has 0 bridgehead atoms. The number of carbonyl (C=O) groups is 2. The van der Waals surface area contributed by atoms with Crippen molar-refractivity contribution < 1.29 is 19.4 Å². The standard InChI is InChI=1S/C17H23NO4/c1-11(17(20)21)12(2)18-16(19)10-22-15-8-7-13-5-3-4-6-14(13)9-15/h7-9,11-12H,3-6,10H2,1-2H3,(H,18,19)(H,20,21). The molecule has 22 heavy (non-hydrogen) atoms. The average molecular weight is 305 g/mol. The molecule has 0 fully saturated rings. The highest BCUT2D eigenvalue weighted by molar-refractivity contribution is 5.79. The quantitative estimate of drug-likeness (QED) is 0.844. The third-order valence-corrected chi connectivity index (χ3v) is 4.22. The zero-order valence-corrected chi connectivity index (χ0v) is 13.1. The number of ether oxygens (including phenoxy) is 1. The van der Waals surface area contributed by atoms with E-state index in [9.17, 15) is 9.59 Å². The van der Waals surface area contributed by atoms with Gasteiger partial charge >= 0.3 is 5.97 Å². The Bertz CT molecular complexity index is 556. The molecule has 2 N–H and O–H groups in total. The minimum absolute atomic E-state index is 0.102. The van der Waals surface area contributed by atoms with E-state index in [0.29, 0.717) is 5.75 Å². The smallest absolute Gasteiger partial charge is 0.308 e. The van der Waals surface area contributed by atoms with Crippen molar-refractivity contribution in [2.45, 2.75) is 45.6 Å². The number of amides is 1. The van der Waals surface area contributed by atoms with Gasteiger partial charge in [-0.2, -0.15) is 0 Å². The lowest BCUT2D eigenvalue weighted by Crippen LogP contribution is -2.42. The summed E-state index contributed by atoms with van der Waals surface area (Å²) < 4.78 is 5.52. The van der Waals surface area contributed by atoms with Crippen LogP contribution in [-0.4, -0.2) is 29.6 Å². The zero-order chi connectivity index (χ0) is 16.1. The molecule has 0 aliphatic heterocycles. The van der Waals surface area contributed by atoms with Gasteiger partial charge in [0.2, 0.25) is 0 Å². The van der Waals surface area contributed by atoms with E-state index in [-0.39, 0.29) is 12.5 Å². The molecule has 1 aliphatic rings. The van der Waals surface area contributed by atoms with Gasteiger partial charge in [0, 0.05) is 6.04 Å². The first kappa shape index (κ1) is 16.3. The fraction of sp³-hybridized carbons (Fsp3) is 0.529. The first-order valence-electron chi connectivity index (χ1n) is 7.74. The van der Waals surface area contributed by atoms with Crippen molar-refractivity contribution in [3.8, 4) is 5.75 Å². The van der Waals surface area contributed by atoms with Crippen LogP contribution in [-0.2, 0) is 22.4 Å². The molecule has 1 amide bonds. The van der Waals surface area contributed by atoms with Crippen LogP contribution in [0, 0.1) is 5.92 Å². The van der Waals surface area contributed by atoms with Crippen molar-refractivity contribution in [1.82, 2.24) is 5.32 Å². The van der Waals surface area contributed by atoms with Gasteiger partial charge in [0.1, 0.15) is 5.75 Å². The maximum Gasteiger partial charge on any atom is 0.308 e. The number of carboxylic acid groups (broad SMARTS) is 1. The SMILES string of the molecule is CC(NC(=O)COc1ccc2c(c1)CCCC2)C(C)C(=O)O. The zero-order valence-electron chi connectivity index (χ0n) is 13.1. The monoisotopic (exact) mass is 305 g/mol. The summed E-state index contributed by atoms with van der Waals surface area (Å²) in [7, 11) is 0. The van der Waals surface area contributed by atoms with E-state index in [1.807, 2.05) is 12.1 Å². The number of hydrogen-bond acceptors (Lipinski definition) is 3. The Balaban J connectivity index is 1.85. The first-order chi connectivity index (χ1) is 10.5. The normalized spacial score (nSPS) is 16.3. The van der Waals surface area contributed by atoms with Gasteiger partial charge in [-0.25, -0.2) is 0 Å². The number of aliphatic carboxylic acids is 1. The van der Waals surface area contributed by atoms with Crippen LogP contribution in [0.1, 0.15) is 37.8 Å².